The van der Waals surface area contributed by atoms with Gasteiger partial charge < -0.3 is 24.5 Å². The van der Waals surface area contributed by atoms with Gasteiger partial charge in [0.2, 0.25) is 6.79 Å². The number of anilines is 1. The molecule has 3 heterocycles. The lowest BCUT2D eigenvalue weighted by Crippen LogP contribution is -2.26. The molecule has 4 rings (SSSR count). The SMILES string of the molecule is Cn1nc(C(=O)NCCc2ccc3c(c2)OCO3)cc1NC(=O)c1ccco1. The van der Waals surface area contributed by atoms with Crippen molar-refractivity contribution >= 4 is 17.6 Å². The van der Waals surface area contributed by atoms with E-state index in [2.05, 4.69) is 15.7 Å². The van der Waals surface area contributed by atoms with Crippen molar-refractivity contribution in [3.63, 3.8) is 0 Å². The number of nitrogens with zero attached hydrogens (tertiary/aromatic N) is 2. The van der Waals surface area contributed by atoms with E-state index < -0.39 is 5.91 Å². The monoisotopic (exact) mass is 382 g/mol. The summed E-state index contributed by atoms with van der Waals surface area (Å²) in [6, 6.07) is 10.4. The number of carbonyl (C=O) groups excluding carboxylic acids is 2. The molecule has 2 amide bonds. The van der Waals surface area contributed by atoms with Crippen molar-refractivity contribution in [3.05, 3.63) is 59.7 Å². The normalized spacial score (nSPS) is 12.0. The molecule has 28 heavy (non-hydrogen) atoms. The smallest absolute Gasteiger partial charge is 0.292 e. The third-order valence-electron chi connectivity index (χ3n) is 4.24. The summed E-state index contributed by atoms with van der Waals surface area (Å²) in [5.74, 6) is 1.27. The van der Waals surface area contributed by atoms with E-state index in [0.717, 1.165) is 11.3 Å². The highest BCUT2D eigenvalue weighted by atomic mass is 16.7. The van der Waals surface area contributed by atoms with Crippen LogP contribution in [0.25, 0.3) is 0 Å². The average molecular weight is 382 g/mol. The predicted octanol–water partition coefficient (Wildman–Crippen LogP) is 1.97. The zero-order chi connectivity index (χ0) is 19.5. The van der Waals surface area contributed by atoms with Gasteiger partial charge >= 0.3 is 0 Å². The van der Waals surface area contributed by atoms with E-state index in [1.807, 2.05) is 18.2 Å². The molecule has 1 aliphatic heterocycles. The summed E-state index contributed by atoms with van der Waals surface area (Å²) in [4.78, 5) is 24.4. The second-order valence-corrected chi connectivity index (χ2v) is 6.16. The van der Waals surface area contributed by atoms with E-state index >= 15 is 0 Å². The summed E-state index contributed by atoms with van der Waals surface area (Å²) in [5, 5.41) is 9.61. The number of hydrogen-bond acceptors (Lipinski definition) is 6. The van der Waals surface area contributed by atoms with Gasteiger partial charge in [0.1, 0.15) is 5.82 Å². The number of carbonyl (C=O) groups is 2. The average Bonchev–Trinajstić information content (AvgIpc) is 3.42. The zero-order valence-electron chi connectivity index (χ0n) is 15.1. The molecule has 1 aromatic carbocycles. The van der Waals surface area contributed by atoms with Gasteiger partial charge in [0, 0.05) is 19.7 Å². The standard InChI is InChI=1S/C19H18N4O5/c1-23-17(21-19(25)15-3-2-8-26-15)10-13(22-23)18(24)20-7-6-12-4-5-14-16(9-12)28-11-27-14/h2-5,8-10H,6-7,11H2,1H3,(H,20,24)(H,21,25). The first-order valence-corrected chi connectivity index (χ1v) is 8.66. The van der Waals surface area contributed by atoms with E-state index in [0.29, 0.717) is 24.5 Å². The number of benzene rings is 1. The minimum Gasteiger partial charge on any atom is -0.459 e. The van der Waals surface area contributed by atoms with Crippen LogP contribution in [0.5, 0.6) is 11.5 Å². The van der Waals surface area contributed by atoms with Gasteiger partial charge in [0.15, 0.2) is 23.0 Å². The summed E-state index contributed by atoms with van der Waals surface area (Å²) in [7, 11) is 1.64. The van der Waals surface area contributed by atoms with Gasteiger partial charge in [-0.3, -0.25) is 14.3 Å². The van der Waals surface area contributed by atoms with Crippen molar-refractivity contribution in [1.29, 1.82) is 0 Å². The van der Waals surface area contributed by atoms with Crippen molar-refractivity contribution in [1.82, 2.24) is 15.1 Å². The first-order chi connectivity index (χ1) is 13.6. The lowest BCUT2D eigenvalue weighted by Gasteiger charge is -2.04. The topological polar surface area (TPSA) is 108 Å². The summed E-state index contributed by atoms with van der Waals surface area (Å²) in [5.41, 5.74) is 1.24. The lowest BCUT2D eigenvalue weighted by atomic mass is 10.1. The second-order valence-electron chi connectivity index (χ2n) is 6.16. The first kappa shape index (κ1) is 17.7. The molecule has 2 N–H and O–H groups in total. The van der Waals surface area contributed by atoms with Crippen LogP contribution in [0, 0.1) is 0 Å². The van der Waals surface area contributed by atoms with Crippen LogP contribution in [-0.4, -0.2) is 34.9 Å². The quantitative estimate of drug-likeness (QED) is 0.675. The Hall–Kier alpha value is -3.75. The molecule has 0 unspecified atom stereocenters. The Labute approximate surface area is 160 Å². The van der Waals surface area contributed by atoms with Gasteiger partial charge in [-0.1, -0.05) is 6.07 Å². The Morgan fingerprint density at radius 1 is 1.14 bits per heavy atom. The maximum Gasteiger partial charge on any atom is 0.292 e. The van der Waals surface area contributed by atoms with Crippen molar-refractivity contribution in [2.75, 3.05) is 18.7 Å². The Bertz CT molecular complexity index is 1010. The zero-order valence-corrected chi connectivity index (χ0v) is 15.1. The molecule has 1 aliphatic rings. The van der Waals surface area contributed by atoms with Crippen LogP contribution in [-0.2, 0) is 13.5 Å². The molecule has 3 aromatic rings. The number of aryl methyl sites for hydroxylation is 1. The summed E-state index contributed by atoms with van der Waals surface area (Å²) >= 11 is 0. The molecule has 0 fully saturated rings. The van der Waals surface area contributed by atoms with Crippen LogP contribution >= 0.6 is 0 Å². The number of nitrogens with one attached hydrogen (secondary N) is 2. The van der Waals surface area contributed by atoms with Gasteiger partial charge in [0.25, 0.3) is 11.8 Å². The molecular formula is C19H18N4O5. The molecular weight excluding hydrogens is 364 g/mol. The first-order valence-electron chi connectivity index (χ1n) is 8.66. The number of aromatic nitrogens is 2. The van der Waals surface area contributed by atoms with E-state index in [1.54, 1.807) is 19.2 Å². The lowest BCUT2D eigenvalue weighted by molar-refractivity contribution is 0.0947. The van der Waals surface area contributed by atoms with Gasteiger partial charge in [-0.2, -0.15) is 5.10 Å². The van der Waals surface area contributed by atoms with Gasteiger partial charge in [-0.15, -0.1) is 0 Å². The molecule has 9 heteroatoms. The maximum absolute atomic E-state index is 12.3. The fraction of sp³-hybridized carbons (Fsp3) is 0.211. The van der Waals surface area contributed by atoms with E-state index in [1.165, 1.54) is 17.0 Å². The molecule has 0 saturated heterocycles. The number of rotatable bonds is 6. The van der Waals surface area contributed by atoms with Crippen LogP contribution < -0.4 is 20.1 Å². The number of hydrogen-bond donors (Lipinski definition) is 2. The fourth-order valence-electron chi connectivity index (χ4n) is 2.79. The highest BCUT2D eigenvalue weighted by molar-refractivity contribution is 6.02. The molecule has 9 nitrogen and oxygen atoms in total. The molecule has 0 spiro atoms. The van der Waals surface area contributed by atoms with Crippen LogP contribution in [0.15, 0.2) is 47.1 Å². The predicted molar refractivity (Wildman–Crippen MR) is 98.5 cm³/mol. The Kier molecular flexibility index (Phi) is 4.71. The number of amides is 2. The minimum absolute atomic E-state index is 0.177. The number of ether oxygens (including phenoxy) is 2. The van der Waals surface area contributed by atoms with Gasteiger partial charge in [-0.25, -0.2) is 0 Å². The van der Waals surface area contributed by atoms with Gasteiger partial charge in [0.05, 0.1) is 6.26 Å². The van der Waals surface area contributed by atoms with Crippen LogP contribution in [0.2, 0.25) is 0 Å². The molecule has 2 aromatic heterocycles. The fourth-order valence-corrected chi connectivity index (χ4v) is 2.79. The van der Waals surface area contributed by atoms with Crippen LogP contribution in [0.3, 0.4) is 0 Å². The summed E-state index contributed by atoms with van der Waals surface area (Å²) < 4.78 is 17.1. The third-order valence-corrected chi connectivity index (χ3v) is 4.24. The van der Waals surface area contributed by atoms with Crippen molar-refractivity contribution in [3.8, 4) is 11.5 Å². The number of furan rings is 1. The Morgan fingerprint density at radius 2 is 2.00 bits per heavy atom. The molecule has 0 atom stereocenters. The van der Waals surface area contributed by atoms with E-state index in [9.17, 15) is 9.59 Å². The van der Waals surface area contributed by atoms with Crippen molar-refractivity contribution in [2.45, 2.75) is 6.42 Å². The molecule has 0 aliphatic carbocycles. The molecule has 0 bridgehead atoms. The second kappa shape index (κ2) is 7.47. The summed E-state index contributed by atoms with van der Waals surface area (Å²) in [6.07, 6.45) is 2.05. The highest BCUT2D eigenvalue weighted by Gasteiger charge is 2.17. The van der Waals surface area contributed by atoms with Gasteiger partial charge in [-0.05, 0) is 36.2 Å². The van der Waals surface area contributed by atoms with Crippen LogP contribution in [0.1, 0.15) is 26.6 Å². The molecule has 0 radical (unpaired) electrons. The maximum atomic E-state index is 12.3. The summed E-state index contributed by atoms with van der Waals surface area (Å²) in [6.45, 7) is 0.664. The van der Waals surface area contributed by atoms with E-state index in [-0.39, 0.29) is 24.2 Å². The minimum atomic E-state index is -0.414. The Balaban J connectivity index is 1.33. The van der Waals surface area contributed by atoms with Crippen molar-refractivity contribution in [2.24, 2.45) is 7.05 Å². The van der Waals surface area contributed by atoms with Crippen molar-refractivity contribution < 1.29 is 23.5 Å². The van der Waals surface area contributed by atoms with Crippen LogP contribution in [0.4, 0.5) is 5.82 Å². The van der Waals surface area contributed by atoms with E-state index in [4.69, 9.17) is 13.9 Å². The molecule has 0 saturated carbocycles. The number of fused-ring (bicyclic) bond motifs is 1. The third kappa shape index (κ3) is 3.68. The largest absolute Gasteiger partial charge is 0.459 e. The molecule has 144 valence electrons. The highest BCUT2D eigenvalue weighted by Crippen LogP contribution is 2.32. The Morgan fingerprint density at radius 3 is 2.82 bits per heavy atom.